The van der Waals surface area contributed by atoms with E-state index in [0.717, 1.165) is 18.5 Å². The predicted octanol–water partition coefficient (Wildman–Crippen LogP) is 3.24. The number of amides is 2. The molecule has 20 heavy (non-hydrogen) atoms. The van der Waals surface area contributed by atoms with Crippen molar-refractivity contribution < 1.29 is 9.59 Å². The number of benzene rings is 1. The Hall–Kier alpha value is -1.55. The van der Waals surface area contributed by atoms with Gasteiger partial charge in [0.05, 0.1) is 5.41 Å². The molecular formula is C15H19ClN2O2. The van der Waals surface area contributed by atoms with Gasteiger partial charge in [-0.2, -0.15) is 0 Å². The molecule has 2 amide bonds. The van der Waals surface area contributed by atoms with E-state index in [-0.39, 0.29) is 23.6 Å². The van der Waals surface area contributed by atoms with Crippen LogP contribution in [0.2, 0.25) is 0 Å². The number of hydrogen-bond donors (Lipinski definition) is 2. The lowest BCUT2D eigenvalue weighted by Crippen LogP contribution is -2.32. The number of hydrogen-bond acceptors (Lipinski definition) is 2. The van der Waals surface area contributed by atoms with Gasteiger partial charge in [-0.3, -0.25) is 9.59 Å². The molecule has 0 saturated heterocycles. The van der Waals surface area contributed by atoms with Crippen molar-refractivity contribution in [3.8, 4) is 0 Å². The van der Waals surface area contributed by atoms with Gasteiger partial charge in [-0.25, -0.2) is 0 Å². The Bertz CT molecular complexity index is 507. The Kier molecular flexibility index (Phi) is 4.33. The topological polar surface area (TPSA) is 58.2 Å². The lowest BCUT2D eigenvalue weighted by Gasteiger charge is -2.20. The summed E-state index contributed by atoms with van der Waals surface area (Å²) in [6.07, 6.45) is 1.96. The van der Waals surface area contributed by atoms with Crippen LogP contribution in [0.4, 0.5) is 11.4 Å². The lowest BCUT2D eigenvalue weighted by atomic mass is 9.95. The number of nitrogens with one attached hydrogen (secondary N) is 2. The van der Waals surface area contributed by atoms with E-state index in [1.165, 1.54) is 0 Å². The van der Waals surface area contributed by atoms with Crippen molar-refractivity contribution in [1.29, 1.82) is 0 Å². The van der Waals surface area contributed by atoms with Crippen molar-refractivity contribution in [3.05, 3.63) is 24.3 Å². The van der Waals surface area contributed by atoms with Gasteiger partial charge in [0.25, 0.3) is 0 Å². The first-order valence-corrected chi connectivity index (χ1v) is 7.24. The molecule has 2 N–H and O–H groups in total. The fourth-order valence-corrected chi connectivity index (χ4v) is 1.71. The van der Waals surface area contributed by atoms with Crippen molar-refractivity contribution in [3.63, 3.8) is 0 Å². The third-order valence-corrected chi connectivity index (χ3v) is 3.98. The van der Waals surface area contributed by atoms with Gasteiger partial charge >= 0.3 is 0 Å². The first-order chi connectivity index (χ1) is 9.42. The highest BCUT2D eigenvalue weighted by Gasteiger charge is 2.29. The number of anilines is 2. The molecule has 0 aliphatic heterocycles. The molecule has 1 aromatic carbocycles. The molecule has 1 fully saturated rings. The maximum absolute atomic E-state index is 12.0. The Morgan fingerprint density at radius 1 is 1.15 bits per heavy atom. The van der Waals surface area contributed by atoms with Crippen LogP contribution in [0.5, 0.6) is 0 Å². The smallest absolute Gasteiger partial charge is 0.231 e. The standard InChI is InChI=1S/C15H19ClN2O2/c1-15(2,9-16)14(20)18-12-7-5-11(6-8-12)17-13(19)10-3-4-10/h5-8,10H,3-4,9H2,1-2H3,(H,17,19)(H,18,20). The molecule has 4 nitrogen and oxygen atoms in total. The van der Waals surface area contributed by atoms with E-state index in [1.807, 2.05) is 0 Å². The van der Waals surface area contributed by atoms with Gasteiger partial charge in [-0.1, -0.05) is 0 Å². The van der Waals surface area contributed by atoms with Crippen LogP contribution in [-0.2, 0) is 9.59 Å². The van der Waals surface area contributed by atoms with Crippen LogP contribution in [0.15, 0.2) is 24.3 Å². The molecule has 2 rings (SSSR count). The van der Waals surface area contributed by atoms with Crippen molar-refractivity contribution >= 4 is 34.8 Å². The zero-order valence-corrected chi connectivity index (χ0v) is 12.5. The van der Waals surface area contributed by atoms with E-state index in [9.17, 15) is 9.59 Å². The first-order valence-electron chi connectivity index (χ1n) is 6.71. The second kappa shape index (κ2) is 5.83. The summed E-state index contributed by atoms with van der Waals surface area (Å²) in [4.78, 5) is 23.6. The van der Waals surface area contributed by atoms with Crippen LogP contribution in [0.3, 0.4) is 0 Å². The van der Waals surface area contributed by atoms with Gasteiger partial charge in [-0.15, -0.1) is 11.6 Å². The Morgan fingerprint density at radius 3 is 2.10 bits per heavy atom. The minimum absolute atomic E-state index is 0.0741. The van der Waals surface area contributed by atoms with Crippen molar-refractivity contribution in [2.75, 3.05) is 16.5 Å². The summed E-state index contributed by atoms with van der Waals surface area (Å²) in [6, 6.07) is 7.10. The van der Waals surface area contributed by atoms with E-state index < -0.39 is 5.41 Å². The molecule has 0 atom stereocenters. The Labute approximate surface area is 123 Å². The largest absolute Gasteiger partial charge is 0.326 e. The maximum atomic E-state index is 12.0. The molecular weight excluding hydrogens is 276 g/mol. The average Bonchev–Trinajstić information content (AvgIpc) is 3.25. The molecule has 0 aromatic heterocycles. The molecule has 1 saturated carbocycles. The fraction of sp³-hybridized carbons (Fsp3) is 0.467. The summed E-state index contributed by atoms with van der Waals surface area (Å²) in [5.41, 5.74) is 0.828. The molecule has 1 aromatic rings. The van der Waals surface area contributed by atoms with E-state index in [0.29, 0.717) is 5.69 Å². The van der Waals surface area contributed by atoms with E-state index >= 15 is 0 Å². The quantitative estimate of drug-likeness (QED) is 0.819. The number of alkyl halides is 1. The molecule has 0 radical (unpaired) electrons. The molecule has 1 aliphatic rings. The zero-order chi connectivity index (χ0) is 14.8. The average molecular weight is 295 g/mol. The summed E-state index contributed by atoms with van der Waals surface area (Å²) in [5, 5.41) is 5.67. The van der Waals surface area contributed by atoms with Crippen molar-refractivity contribution in [2.45, 2.75) is 26.7 Å². The summed E-state index contributed by atoms with van der Waals surface area (Å²) >= 11 is 5.76. The highest BCUT2D eigenvalue weighted by Crippen LogP contribution is 2.30. The first kappa shape index (κ1) is 14.9. The molecule has 108 valence electrons. The van der Waals surface area contributed by atoms with E-state index in [1.54, 1.807) is 38.1 Å². The third-order valence-electron chi connectivity index (χ3n) is 3.31. The SMILES string of the molecule is CC(C)(CCl)C(=O)Nc1ccc(NC(=O)C2CC2)cc1. The van der Waals surface area contributed by atoms with Crippen LogP contribution in [0.1, 0.15) is 26.7 Å². The Morgan fingerprint density at radius 2 is 1.65 bits per heavy atom. The highest BCUT2D eigenvalue weighted by atomic mass is 35.5. The van der Waals surface area contributed by atoms with Crippen LogP contribution < -0.4 is 10.6 Å². The summed E-state index contributed by atoms with van der Waals surface area (Å²) in [7, 11) is 0. The minimum atomic E-state index is -0.611. The second-order valence-corrected chi connectivity index (χ2v) is 6.08. The minimum Gasteiger partial charge on any atom is -0.326 e. The second-order valence-electron chi connectivity index (χ2n) is 5.81. The maximum Gasteiger partial charge on any atom is 0.231 e. The molecule has 0 heterocycles. The number of carbonyl (C=O) groups is 2. The number of carbonyl (C=O) groups excluding carboxylic acids is 2. The predicted molar refractivity (Wildman–Crippen MR) is 80.9 cm³/mol. The van der Waals surface area contributed by atoms with Gasteiger partial charge in [0.1, 0.15) is 0 Å². The monoisotopic (exact) mass is 294 g/mol. The normalized spacial score (nSPS) is 14.8. The number of rotatable bonds is 5. The lowest BCUT2D eigenvalue weighted by molar-refractivity contribution is -0.123. The summed E-state index contributed by atoms with van der Waals surface area (Å²) < 4.78 is 0. The van der Waals surface area contributed by atoms with Crippen molar-refractivity contribution in [1.82, 2.24) is 0 Å². The summed E-state index contributed by atoms with van der Waals surface area (Å²) in [5.74, 6) is 0.389. The fourth-order valence-electron chi connectivity index (χ4n) is 1.59. The molecule has 0 bridgehead atoms. The van der Waals surface area contributed by atoms with Gasteiger partial charge in [0.15, 0.2) is 0 Å². The molecule has 0 unspecified atom stereocenters. The molecule has 5 heteroatoms. The van der Waals surface area contributed by atoms with Crippen LogP contribution >= 0.6 is 11.6 Å². The number of halogens is 1. The van der Waals surface area contributed by atoms with Gasteiger partial charge < -0.3 is 10.6 Å². The van der Waals surface area contributed by atoms with Crippen molar-refractivity contribution in [2.24, 2.45) is 11.3 Å². The van der Waals surface area contributed by atoms with Crippen LogP contribution in [0, 0.1) is 11.3 Å². The summed E-state index contributed by atoms with van der Waals surface area (Å²) in [6.45, 7) is 3.58. The van der Waals surface area contributed by atoms with Crippen LogP contribution in [-0.4, -0.2) is 17.7 Å². The zero-order valence-electron chi connectivity index (χ0n) is 11.7. The highest BCUT2D eigenvalue weighted by molar-refractivity contribution is 6.20. The van der Waals surface area contributed by atoms with E-state index in [2.05, 4.69) is 10.6 Å². The third kappa shape index (κ3) is 3.73. The van der Waals surface area contributed by atoms with E-state index in [4.69, 9.17) is 11.6 Å². The van der Waals surface area contributed by atoms with Gasteiger partial charge in [-0.05, 0) is 51.0 Å². The molecule has 1 aliphatic carbocycles. The van der Waals surface area contributed by atoms with Crippen LogP contribution in [0.25, 0.3) is 0 Å². The van der Waals surface area contributed by atoms with Gasteiger partial charge in [0, 0.05) is 23.2 Å². The Balaban J connectivity index is 1.94. The van der Waals surface area contributed by atoms with Gasteiger partial charge in [0.2, 0.25) is 11.8 Å². The molecule has 0 spiro atoms.